The summed E-state index contributed by atoms with van der Waals surface area (Å²) >= 11 is 0. The molecule has 1 N–H and O–H groups in total. The van der Waals surface area contributed by atoms with E-state index in [4.69, 9.17) is 9.84 Å². The average molecular weight is 200 g/mol. The second-order valence-electron chi connectivity index (χ2n) is 4.07. The Morgan fingerprint density at radius 1 is 1.21 bits per heavy atom. The molecule has 0 aliphatic heterocycles. The van der Waals surface area contributed by atoms with Crippen molar-refractivity contribution in [1.82, 2.24) is 0 Å². The van der Waals surface area contributed by atoms with E-state index in [-0.39, 0.29) is 6.61 Å². The van der Waals surface area contributed by atoms with Crippen LogP contribution in [0.5, 0.6) is 0 Å². The molecule has 0 amide bonds. The first-order valence-corrected chi connectivity index (χ1v) is 5.49. The smallest absolute Gasteiger partial charge is 0.0612 e. The van der Waals surface area contributed by atoms with Crippen LogP contribution >= 0.6 is 0 Å². The Morgan fingerprint density at radius 3 is 2.43 bits per heavy atom. The number of methoxy groups -OCH3 is 1. The first-order valence-electron chi connectivity index (χ1n) is 5.49. The molecule has 0 spiro atoms. The number of aliphatic hydroxyl groups is 1. The summed E-state index contributed by atoms with van der Waals surface area (Å²) in [4.78, 5) is 0. The normalized spacial score (nSPS) is 14.1. The third-order valence-corrected chi connectivity index (χ3v) is 2.31. The summed E-state index contributed by atoms with van der Waals surface area (Å²) in [6.45, 7) is 4.61. The van der Waals surface area contributed by atoms with Crippen LogP contribution in [0.15, 0.2) is 12.2 Å². The summed E-state index contributed by atoms with van der Waals surface area (Å²) in [5.41, 5.74) is 0. The molecule has 0 saturated carbocycles. The molecule has 0 fully saturated rings. The maximum atomic E-state index is 8.57. The van der Waals surface area contributed by atoms with Crippen molar-refractivity contribution in [2.45, 2.75) is 45.6 Å². The molecular weight excluding hydrogens is 176 g/mol. The fourth-order valence-corrected chi connectivity index (χ4v) is 1.41. The lowest BCUT2D eigenvalue weighted by Gasteiger charge is -2.13. The summed E-state index contributed by atoms with van der Waals surface area (Å²) in [7, 11) is 1.76. The largest absolute Gasteiger partial charge is 0.392 e. The SMILES string of the molecule is COC(CC=CCO)CCCC(C)C. The van der Waals surface area contributed by atoms with Gasteiger partial charge in [0, 0.05) is 7.11 Å². The van der Waals surface area contributed by atoms with Gasteiger partial charge in [-0.25, -0.2) is 0 Å². The van der Waals surface area contributed by atoms with E-state index in [1.807, 2.05) is 6.08 Å². The van der Waals surface area contributed by atoms with Gasteiger partial charge in [0.1, 0.15) is 0 Å². The summed E-state index contributed by atoms with van der Waals surface area (Å²) in [5.74, 6) is 0.778. The van der Waals surface area contributed by atoms with Gasteiger partial charge in [-0.05, 0) is 18.8 Å². The van der Waals surface area contributed by atoms with E-state index in [1.54, 1.807) is 13.2 Å². The Hall–Kier alpha value is -0.340. The minimum Gasteiger partial charge on any atom is -0.392 e. The van der Waals surface area contributed by atoms with Gasteiger partial charge in [0.25, 0.3) is 0 Å². The molecule has 14 heavy (non-hydrogen) atoms. The van der Waals surface area contributed by atoms with Crippen LogP contribution in [0.1, 0.15) is 39.5 Å². The molecule has 1 unspecified atom stereocenters. The molecule has 2 nitrogen and oxygen atoms in total. The fraction of sp³-hybridized carbons (Fsp3) is 0.833. The highest BCUT2D eigenvalue weighted by Crippen LogP contribution is 2.12. The van der Waals surface area contributed by atoms with Gasteiger partial charge < -0.3 is 9.84 Å². The minimum absolute atomic E-state index is 0.127. The number of rotatable bonds is 8. The molecule has 0 heterocycles. The molecule has 0 saturated heterocycles. The Bertz CT molecular complexity index is 141. The van der Waals surface area contributed by atoms with E-state index in [1.165, 1.54) is 12.8 Å². The molecular formula is C12H24O2. The highest BCUT2D eigenvalue weighted by atomic mass is 16.5. The van der Waals surface area contributed by atoms with Crippen molar-refractivity contribution in [2.24, 2.45) is 5.92 Å². The fourth-order valence-electron chi connectivity index (χ4n) is 1.41. The zero-order valence-corrected chi connectivity index (χ0v) is 9.70. The van der Waals surface area contributed by atoms with Gasteiger partial charge in [-0.2, -0.15) is 0 Å². The Kier molecular flexibility index (Phi) is 9.00. The van der Waals surface area contributed by atoms with E-state index >= 15 is 0 Å². The predicted molar refractivity (Wildman–Crippen MR) is 60.3 cm³/mol. The van der Waals surface area contributed by atoms with Crippen LogP contribution in [0, 0.1) is 5.92 Å². The van der Waals surface area contributed by atoms with E-state index < -0.39 is 0 Å². The summed E-state index contributed by atoms with van der Waals surface area (Å²) < 4.78 is 5.35. The second kappa shape index (κ2) is 9.22. The number of hydrogen-bond donors (Lipinski definition) is 1. The van der Waals surface area contributed by atoms with Crippen molar-refractivity contribution in [1.29, 1.82) is 0 Å². The monoisotopic (exact) mass is 200 g/mol. The van der Waals surface area contributed by atoms with Crippen LogP contribution < -0.4 is 0 Å². The lowest BCUT2D eigenvalue weighted by Crippen LogP contribution is -2.09. The molecule has 84 valence electrons. The number of hydrogen-bond acceptors (Lipinski definition) is 2. The number of aliphatic hydroxyl groups excluding tert-OH is 1. The van der Waals surface area contributed by atoms with Crippen LogP contribution in [0.3, 0.4) is 0 Å². The minimum atomic E-state index is 0.127. The molecule has 0 aliphatic rings. The molecule has 0 rings (SSSR count). The maximum absolute atomic E-state index is 8.57. The van der Waals surface area contributed by atoms with Gasteiger partial charge in [0.05, 0.1) is 12.7 Å². The standard InChI is InChI=1S/C12H24O2/c1-11(2)7-6-9-12(14-3)8-4-5-10-13/h4-5,11-13H,6-10H2,1-3H3. The van der Waals surface area contributed by atoms with Gasteiger partial charge >= 0.3 is 0 Å². The van der Waals surface area contributed by atoms with Gasteiger partial charge in [0.15, 0.2) is 0 Å². The van der Waals surface area contributed by atoms with Crippen LogP contribution in [0.25, 0.3) is 0 Å². The third kappa shape index (κ3) is 8.27. The van der Waals surface area contributed by atoms with Crippen molar-refractivity contribution in [2.75, 3.05) is 13.7 Å². The molecule has 0 bridgehead atoms. The van der Waals surface area contributed by atoms with Crippen LogP contribution in [-0.4, -0.2) is 24.9 Å². The highest BCUT2D eigenvalue weighted by molar-refractivity contribution is 4.83. The summed E-state index contributed by atoms with van der Waals surface area (Å²) in [6.07, 6.45) is 8.60. The van der Waals surface area contributed by atoms with Crippen molar-refractivity contribution < 1.29 is 9.84 Å². The molecule has 1 atom stereocenters. The molecule has 0 aromatic heterocycles. The molecule has 0 aromatic carbocycles. The van der Waals surface area contributed by atoms with Crippen molar-refractivity contribution >= 4 is 0 Å². The number of ether oxygens (including phenoxy) is 1. The van der Waals surface area contributed by atoms with Gasteiger partial charge in [0.2, 0.25) is 0 Å². The second-order valence-corrected chi connectivity index (χ2v) is 4.07. The average Bonchev–Trinajstić information content (AvgIpc) is 2.15. The van der Waals surface area contributed by atoms with Crippen molar-refractivity contribution in [3.63, 3.8) is 0 Å². The first-order chi connectivity index (χ1) is 6.70. The summed E-state index contributed by atoms with van der Waals surface area (Å²) in [6, 6.07) is 0. The van der Waals surface area contributed by atoms with Gasteiger partial charge in [-0.3, -0.25) is 0 Å². The summed E-state index contributed by atoms with van der Waals surface area (Å²) in [5, 5.41) is 8.57. The first kappa shape index (κ1) is 13.7. The zero-order chi connectivity index (χ0) is 10.8. The quantitative estimate of drug-likeness (QED) is 0.610. The lowest BCUT2D eigenvalue weighted by atomic mass is 10.0. The van der Waals surface area contributed by atoms with E-state index in [2.05, 4.69) is 13.8 Å². The maximum Gasteiger partial charge on any atom is 0.0612 e. The van der Waals surface area contributed by atoms with Crippen molar-refractivity contribution in [3.8, 4) is 0 Å². The molecule has 0 aliphatic carbocycles. The molecule has 0 radical (unpaired) electrons. The third-order valence-electron chi connectivity index (χ3n) is 2.31. The van der Waals surface area contributed by atoms with E-state index in [9.17, 15) is 0 Å². The van der Waals surface area contributed by atoms with Gasteiger partial charge in [-0.1, -0.05) is 38.8 Å². The van der Waals surface area contributed by atoms with Crippen LogP contribution in [0.4, 0.5) is 0 Å². The lowest BCUT2D eigenvalue weighted by molar-refractivity contribution is 0.0944. The Morgan fingerprint density at radius 2 is 1.93 bits per heavy atom. The zero-order valence-electron chi connectivity index (χ0n) is 9.70. The molecule has 0 aromatic rings. The Labute approximate surface area is 88.0 Å². The van der Waals surface area contributed by atoms with Gasteiger partial charge in [-0.15, -0.1) is 0 Å². The topological polar surface area (TPSA) is 29.5 Å². The highest BCUT2D eigenvalue weighted by Gasteiger charge is 2.05. The van der Waals surface area contributed by atoms with Crippen LogP contribution in [0.2, 0.25) is 0 Å². The Balaban J connectivity index is 3.52. The predicted octanol–water partition coefficient (Wildman–Crippen LogP) is 2.77. The van der Waals surface area contributed by atoms with Crippen LogP contribution in [-0.2, 0) is 4.74 Å². The van der Waals surface area contributed by atoms with E-state index in [0.717, 1.165) is 18.8 Å². The molecule has 2 heteroatoms. The van der Waals surface area contributed by atoms with E-state index in [0.29, 0.717) is 6.10 Å². The van der Waals surface area contributed by atoms with Crippen molar-refractivity contribution in [3.05, 3.63) is 12.2 Å².